The molecule has 0 saturated heterocycles. The minimum atomic E-state index is -0.846. The van der Waals surface area contributed by atoms with Crippen molar-refractivity contribution in [2.24, 2.45) is 0 Å². The Labute approximate surface area is 101 Å². The van der Waals surface area contributed by atoms with Crippen molar-refractivity contribution in [3.8, 4) is 11.1 Å². The molecule has 0 unspecified atom stereocenters. The van der Waals surface area contributed by atoms with E-state index in [1.54, 1.807) is 12.1 Å². The average molecular weight is 258 g/mol. The molecular formula is C11H6Cl2FNO. The van der Waals surface area contributed by atoms with E-state index in [2.05, 4.69) is 4.98 Å². The number of hydrogen-bond donors (Lipinski definition) is 1. The number of rotatable bonds is 1. The van der Waals surface area contributed by atoms with Crippen molar-refractivity contribution in [1.29, 1.82) is 0 Å². The lowest BCUT2D eigenvalue weighted by Crippen LogP contribution is -2.10. The Morgan fingerprint density at radius 2 is 1.75 bits per heavy atom. The van der Waals surface area contributed by atoms with Gasteiger partial charge in [0.15, 0.2) is 5.82 Å². The first-order valence-corrected chi connectivity index (χ1v) is 5.17. The van der Waals surface area contributed by atoms with Crippen LogP contribution in [0.15, 0.2) is 35.3 Å². The number of hydrogen-bond acceptors (Lipinski definition) is 1. The van der Waals surface area contributed by atoms with Crippen LogP contribution in [0.3, 0.4) is 0 Å². The monoisotopic (exact) mass is 257 g/mol. The van der Waals surface area contributed by atoms with E-state index in [1.807, 2.05) is 0 Å². The fourth-order valence-corrected chi connectivity index (χ4v) is 1.92. The summed E-state index contributed by atoms with van der Waals surface area (Å²) in [7, 11) is 0. The molecule has 2 aromatic rings. The third-order valence-electron chi connectivity index (χ3n) is 2.07. The molecule has 16 heavy (non-hydrogen) atoms. The molecule has 2 nitrogen and oxygen atoms in total. The average Bonchev–Trinajstić information content (AvgIpc) is 2.20. The maximum absolute atomic E-state index is 13.5. The Bertz CT molecular complexity index is 575. The summed E-state index contributed by atoms with van der Waals surface area (Å²) in [6, 6.07) is 6.09. The van der Waals surface area contributed by atoms with Gasteiger partial charge >= 0.3 is 0 Å². The van der Waals surface area contributed by atoms with Crippen LogP contribution in [-0.2, 0) is 0 Å². The van der Waals surface area contributed by atoms with Gasteiger partial charge < -0.3 is 4.98 Å². The minimum Gasteiger partial charge on any atom is -0.327 e. The van der Waals surface area contributed by atoms with Crippen LogP contribution < -0.4 is 5.56 Å². The number of aromatic nitrogens is 1. The van der Waals surface area contributed by atoms with Gasteiger partial charge in [0.1, 0.15) is 0 Å². The first-order chi connectivity index (χ1) is 7.58. The highest BCUT2D eigenvalue weighted by atomic mass is 35.5. The number of benzene rings is 1. The maximum atomic E-state index is 13.5. The summed E-state index contributed by atoms with van der Waals surface area (Å²) in [4.78, 5) is 13.3. The van der Waals surface area contributed by atoms with Gasteiger partial charge in [-0.05, 0) is 29.8 Å². The molecule has 2 rings (SSSR count). The van der Waals surface area contributed by atoms with Crippen molar-refractivity contribution < 1.29 is 4.39 Å². The Kier molecular flexibility index (Phi) is 2.99. The Hall–Kier alpha value is -1.32. The Morgan fingerprint density at radius 1 is 1.12 bits per heavy atom. The Morgan fingerprint density at radius 3 is 2.38 bits per heavy atom. The van der Waals surface area contributed by atoms with Crippen molar-refractivity contribution in [2.45, 2.75) is 0 Å². The second-order valence-corrected chi connectivity index (χ2v) is 4.07. The molecule has 5 heteroatoms. The van der Waals surface area contributed by atoms with Gasteiger partial charge in [-0.1, -0.05) is 23.2 Å². The zero-order valence-electron chi connectivity index (χ0n) is 7.93. The summed E-state index contributed by atoms with van der Waals surface area (Å²) in [6.45, 7) is 0. The molecule has 1 N–H and O–H groups in total. The highest BCUT2D eigenvalue weighted by Crippen LogP contribution is 2.27. The van der Waals surface area contributed by atoms with E-state index in [4.69, 9.17) is 23.2 Å². The number of H-pyrrole nitrogens is 1. The van der Waals surface area contributed by atoms with Crippen LogP contribution in [-0.4, -0.2) is 4.98 Å². The molecule has 0 bridgehead atoms. The number of halogens is 3. The van der Waals surface area contributed by atoms with Crippen LogP contribution in [0.1, 0.15) is 0 Å². The molecule has 0 aliphatic carbocycles. The normalized spacial score (nSPS) is 10.4. The van der Waals surface area contributed by atoms with E-state index in [1.165, 1.54) is 18.3 Å². The predicted octanol–water partition coefficient (Wildman–Crippen LogP) is 3.49. The van der Waals surface area contributed by atoms with Crippen molar-refractivity contribution in [1.82, 2.24) is 4.98 Å². The van der Waals surface area contributed by atoms with Crippen LogP contribution in [0.25, 0.3) is 11.1 Å². The zero-order chi connectivity index (χ0) is 11.7. The summed E-state index contributed by atoms with van der Waals surface area (Å²) < 4.78 is 13.5. The molecule has 0 saturated carbocycles. The molecule has 1 heterocycles. The molecular weight excluding hydrogens is 252 g/mol. The second kappa shape index (κ2) is 4.28. The van der Waals surface area contributed by atoms with Crippen molar-refractivity contribution in [3.05, 3.63) is 56.7 Å². The van der Waals surface area contributed by atoms with E-state index in [0.717, 1.165) is 0 Å². The van der Waals surface area contributed by atoms with E-state index >= 15 is 0 Å². The van der Waals surface area contributed by atoms with Gasteiger partial charge in [-0.2, -0.15) is 0 Å². The van der Waals surface area contributed by atoms with Gasteiger partial charge in [0.2, 0.25) is 0 Å². The number of aromatic amines is 1. The highest BCUT2D eigenvalue weighted by molar-refractivity contribution is 6.35. The van der Waals surface area contributed by atoms with Crippen LogP contribution in [0, 0.1) is 5.82 Å². The third kappa shape index (κ3) is 2.10. The van der Waals surface area contributed by atoms with Gasteiger partial charge in [0, 0.05) is 21.8 Å². The Balaban J connectivity index is 2.67. The molecule has 0 atom stereocenters. The molecule has 0 aliphatic rings. The van der Waals surface area contributed by atoms with E-state index in [0.29, 0.717) is 15.6 Å². The topological polar surface area (TPSA) is 32.9 Å². The van der Waals surface area contributed by atoms with Crippen molar-refractivity contribution in [3.63, 3.8) is 0 Å². The highest BCUT2D eigenvalue weighted by Gasteiger charge is 2.09. The lowest BCUT2D eigenvalue weighted by molar-refractivity contribution is 0.612. The summed E-state index contributed by atoms with van der Waals surface area (Å²) in [5.41, 5.74) is -0.122. The van der Waals surface area contributed by atoms with E-state index in [-0.39, 0.29) is 5.56 Å². The minimum absolute atomic E-state index is 0.174. The lowest BCUT2D eigenvalue weighted by atomic mass is 10.1. The second-order valence-electron chi connectivity index (χ2n) is 3.19. The lowest BCUT2D eigenvalue weighted by Gasteiger charge is -2.03. The standard InChI is InChI=1S/C11H6Cl2FNO/c12-7-3-6(4-8(13)5-7)9-1-2-15-11(16)10(9)14/h1-5H,(H,15,16). The zero-order valence-corrected chi connectivity index (χ0v) is 9.44. The first-order valence-electron chi connectivity index (χ1n) is 4.41. The van der Waals surface area contributed by atoms with Crippen LogP contribution >= 0.6 is 23.2 Å². The summed E-state index contributed by atoms with van der Waals surface area (Å²) in [6.07, 6.45) is 1.37. The predicted molar refractivity (Wildman–Crippen MR) is 62.5 cm³/mol. The van der Waals surface area contributed by atoms with E-state index < -0.39 is 11.4 Å². The molecule has 0 amide bonds. The molecule has 0 aliphatic heterocycles. The molecule has 1 aromatic carbocycles. The van der Waals surface area contributed by atoms with Gasteiger partial charge in [-0.15, -0.1) is 0 Å². The molecule has 0 radical (unpaired) electrons. The van der Waals surface area contributed by atoms with E-state index in [9.17, 15) is 9.18 Å². The van der Waals surface area contributed by atoms with Gasteiger partial charge in [0.25, 0.3) is 5.56 Å². The third-order valence-corrected chi connectivity index (χ3v) is 2.51. The number of pyridine rings is 1. The van der Waals surface area contributed by atoms with Crippen molar-refractivity contribution >= 4 is 23.2 Å². The maximum Gasteiger partial charge on any atom is 0.284 e. The molecule has 82 valence electrons. The fourth-order valence-electron chi connectivity index (χ4n) is 1.39. The molecule has 1 aromatic heterocycles. The quantitative estimate of drug-likeness (QED) is 0.834. The SMILES string of the molecule is O=c1[nH]ccc(-c2cc(Cl)cc(Cl)c2)c1F. The van der Waals surface area contributed by atoms with Crippen molar-refractivity contribution in [2.75, 3.05) is 0 Å². The molecule has 0 spiro atoms. The van der Waals surface area contributed by atoms with Crippen LogP contribution in [0.2, 0.25) is 10.0 Å². The van der Waals surface area contributed by atoms with Crippen LogP contribution in [0.5, 0.6) is 0 Å². The van der Waals surface area contributed by atoms with Gasteiger partial charge in [-0.3, -0.25) is 4.79 Å². The number of nitrogens with one attached hydrogen (secondary N) is 1. The summed E-state index contributed by atoms with van der Waals surface area (Å²) >= 11 is 11.6. The molecule has 0 fully saturated rings. The first kappa shape index (κ1) is 11.2. The fraction of sp³-hybridized carbons (Fsp3) is 0. The summed E-state index contributed by atoms with van der Waals surface area (Å²) in [5.74, 6) is -0.846. The van der Waals surface area contributed by atoms with Gasteiger partial charge in [0.05, 0.1) is 0 Å². The summed E-state index contributed by atoms with van der Waals surface area (Å²) in [5, 5.41) is 0.782. The van der Waals surface area contributed by atoms with Crippen LogP contribution in [0.4, 0.5) is 4.39 Å². The smallest absolute Gasteiger partial charge is 0.284 e. The van der Waals surface area contributed by atoms with Gasteiger partial charge in [-0.25, -0.2) is 4.39 Å². The largest absolute Gasteiger partial charge is 0.327 e.